The van der Waals surface area contributed by atoms with Crippen LogP contribution in [-0.2, 0) is 4.57 Å². The van der Waals surface area contributed by atoms with Gasteiger partial charge in [0.05, 0.1) is 5.02 Å². The molecule has 0 aliphatic heterocycles. The Morgan fingerprint density at radius 3 is 2.65 bits per heavy atom. The summed E-state index contributed by atoms with van der Waals surface area (Å²) in [6.07, 6.45) is 1.22. The summed E-state index contributed by atoms with van der Waals surface area (Å²) in [5.74, 6) is -0.0327. The molecule has 0 saturated carbocycles. The Hall–Kier alpha value is 0.740. The molecule has 0 amide bonds. The first-order valence-corrected chi connectivity index (χ1v) is 6.73. The fourth-order valence-electron chi connectivity index (χ4n) is 1.27. The number of halogens is 2. The zero-order valence-electron chi connectivity index (χ0n) is 8.30. The molecule has 86 valence electrons. The molecule has 5 nitrogen and oxygen atoms in total. The molecule has 0 aliphatic rings. The maximum atomic E-state index is 10.7. The van der Waals surface area contributed by atoms with Crippen LogP contribution in [-0.4, -0.2) is 47.5 Å². The topological polar surface area (TPSA) is 80.9 Å². The van der Waals surface area contributed by atoms with Gasteiger partial charge in [0.1, 0.15) is 5.75 Å². The van der Waals surface area contributed by atoms with Gasteiger partial charge in [-0.3, -0.25) is 9.79 Å². The molecule has 17 heavy (non-hydrogen) atoms. The summed E-state index contributed by atoms with van der Waals surface area (Å²) in [5, 5.41) is 0.679. The molecule has 0 spiro atoms. The average Bonchev–Trinajstić information content (AvgIpc) is 2.53. The molecular weight excluding hydrogens is 361 g/mol. The first-order chi connectivity index (χ1) is 7.38. The number of phosphoric ester groups is 1. The van der Waals surface area contributed by atoms with Crippen LogP contribution >= 0.6 is 35.4 Å². The quantitative estimate of drug-likeness (QED) is 0.630. The van der Waals surface area contributed by atoms with Crippen LogP contribution in [0.2, 0.25) is 5.02 Å². The van der Waals surface area contributed by atoms with Crippen LogP contribution in [0.3, 0.4) is 0 Å². The minimum Gasteiger partial charge on any atom is -0.660 e. The fraction of sp³-hybridized carbons (Fsp3) is 0. The van der Waals surface area contributed by atoms with Crippen molar-refractivity contribution in [3.63, 3.8) is 0 Å². The molecule has 0 radical (unpaired) electrons. The van der Waals surface area contributed by atoms with Crippen molar-refractivity contribution in [2.75, 3.05) is 0 Å². The van der Waals surface area contributed by atoms with E-state index in [1.165, 1.54) is 6.20 Å². The largest absolute Gasteiger partial charge is 2.00 e. The maximum Gasteiger partial charge on any atom is 2.00 e. The number of rotatable bonds is 2. The molecule has 0 atom stereocenters. The minimum absolute atomic E-state index is 0. The van der Waals surface area contributed by atoms with Gasteiger partial charge in [-0.05, 0) is 22.0 Å². The van der Waals surface area contributed by atoms with Crippen LogP contribution in [0.5, 0.6) is 5.75 Å². The summed E-state index contributed by atoms with van der Waals surface area (Å²) >= 11 is 9.19. The molecule has 1 aromatic carbocycles. The summed E-state index contributed by atoms with van der Waals surface area (Å²) in [7, 11) is -4.61. The Morgan fingerprint density at radius 1 is 1.41 bits per heavy atom. The molecule has 0 unspecified atom stereocenters. The van der Waals surface area contributed by atoms with Gasteiger partial charge in [0.2, 0.25) is 0 Å². The number of benzene rings is 1. The number of hydrogen-bond acceptors (Lipinski definition) is 2. The van der Waals surface area contributed by atoms with Crippen molar-refractivity contribution in [3.05, 3.63) is 27.8 Å². The molecule has 0 fully saturated rings. The Bertz CT molecular complexity index is 598. The van der Waals surface area contributed by atoms with Gasteiger partial charge >= 0.3 is 45.6 Å². The van der Waals surface area contributed by atoms with E-state index in [4.69, 9.17) is 21.4 Å². The number of fused-ring (bicyclic) bond motifs is 1. The summed E-state index contributed by atoms with van der Waals surface area (Å²) in [5.41, 5.74) is 0.511. The van der Waals surface area contributed by atoms with Crippen molar-refractivity contribution in [2.24, 2.45) is 0 Å². The molecule has 1 heterocycles. The van der Waals surface area contributed by atoms with Gasteiger partial charge in [-0.2, -0.15) is 0 Å². The van der Waals surface area contributed by atoms with E-state index >= 15 is 0 Å². The fourth-order valence-corrected chi connectivity index (χ4v) is 2.25. The van der Waals surface area contributed by atoms with E-state index in [-0.39, 0.29) is 43.5 Å². The normalized spacial score (nSPS) is 11.3. The van der Waals surface area contributed by atoms with Crippen LogP contribution < -0.4 is 9.51 Å². The van der Waals surface area contributed by atoms with Crippen molar-refractivity contribution in [1.82, 2.24) is 4.98 Å². The van der Waals surface area contributed by atoms with E-state index in [1.54, 1.807) is 12.1 Å². The monoisotopic (exact) mass is 364 g/mol. The zero-order valence-corrected chi connectivity index (χ0v) is 13.7. The predicted molar refractivity (Wildman–Crippen MR) is 68.4 cm³/mol. The Kier molecular flexibility index (Phi) is 5.39. The van der Waals surface area contributed by atoms with E-state index < -0.39 is 7.82 Å². The SMILES string of the molecule is O=P(O)(O)Oc1c[n-]c2ccc(Br)c(Cl)c12.[Ca+2]. The molecule has 2 rings (SSSR count). The van der Waals surface area contributed by atoms with Gasteiger partial charge < -0.3 is 9.51 Å². The zero-order chi connectivity index (χ0) is 11.9. The number of aromatic nitrogens is 1. The first kappa shape index (κ1) is 15.8. The van der Waals surface area contributed by atoms with Crippen LogP contribution in [0, 0.1) is 0 Å². The molecule has 2 N–H and O–H groups in total. The second kappa shape index (κ2) is 5.80. The summed E-state index contributed by atoms with van der Waals surface area (Å²) in [4.78, 5) is 21.4. The van der Waals surface area contributed by atoms with Crippen molar-refractivity contribution in [3.8, 4) is 5.75 Å². The Morgan fingerprint density at radius 2 is 2.06 bits per heavy atom. The second-order valence-corrected chi connectivity index (χ2v) is 5.36. The van der Waals surface area contributed by atoms with Crippen molar-refractivity contribution in [1.29, 1.82) is 0 Å². The third-order valence-electron chi connectivity index (χ3n) is 1.86. The smallest absolute Gasteiger partial charge is 0.660 e. The van der Waals surface area contributed by atoms with Gasteiger partial charge in [0.25, 0.3) is 0 Å². The molecule has 0 aliphatic carbocycles. The van der Waals surface area contributed by atoms with Gasteiger partial charge in [-0.15, -0.1) is 11.7 Å². The third kappa shape index (κ3) is 3.61. The van der Waals surface area contributed by atoms with Gasteiger partial charge in [-0.1, -0.05) is 17.7 Å². The first-order valence-electron chi connectivity index (χ1n) is 4.03. The molecule has 0 saturated heterocycles. The van der Waals surface area contributed by atoms with Gasteiger partial charge in [0, 0.05) is 9.86 Å². The molecule has 9 heteroatoms. The standard InChI is InChI=1S/C8H5BrClNO4P.Ca/c9-4-1-2-5-7(8(4)10)6(3-11-5)15-16(12,13)14;/h1-3H,(H2,12,13,14);/q-1;+2. The van der Waals surface area contributed by atoms with Crippen molar-refractivity contribution in [2.45, 2.75) is 0 Å². The third-order valence-corrected chi connectivity index (χ3v) is 3.57. The number of phosphoric acid groups is 1. The van der Waals surface area contributed by atoms with Crippen molar-refractivity contribution < 1.29 is 18.9 Å². The molecule has 0 bridgehead atoms. The van der Waals surface area contributed by atoms with E-state index in [9.17, 15) is 4.57 Å². The summed E-state index contributed by atoms with van der Waals surface area (Å²) in [6.45, 7) is 0. The number of nitrogens with zero attached hydrogens (tertiary/aromatic N) is 1. The molecule has 1 aromatic heterocycles. The van der Waals surface area contributed by atoms with Crippen LogP contribution in [0.15, 0.2) is 22.8 Å². The predicted octanol–water partition coefficient (Wildman–Crippen LogP) is 2.30. The van der Waals surface area contributed by atoms with E-state index in [1.807, 2.05) is 0 Å². The van der Waals surface area contributed by atoms with Gasteiger partial charge in [-0.25, -0.2) is 4.57 Å². The minimum atomic E-state index is -4.61. The van der Waals surface area contributed by atoms with Crippen LogP contribution in [0.4, 0.5) is 0 Å². The van der Waals surface area contributed by atoms with Crippen LogP contribution in [0.25, 0.3) is 10.9 Å². The average molecular weight is 366 g/mol. The van der Waals surface area contributed by atoms with Gasteiger partial charge in [0.15, 0.2) is 0 Å². The Balaban J connectivity index is 0.00000144. The van der Waals surface area contributed by atoms with E-state index in [0.717, 1.165) is 0 Å². The number of hydrogen-bond donors (Lipinski definition) is 2. The molecule has 2 aromatic rings. The maximum absolute atomic E-state index is 10.7. The molecular formula is C8H5BrCaClNO4P+. The summed E-state index contributed by atoms with van der Waals surface area (Å²) < 4.78 is 15.8. The van der Waals surface area contributed by atoms with Crippen LogP contribution in [0.1, 0.15) is 0 Å². The van der Waals surface area contributed by atoms with E-state index in [0.29, 0.717) is 20.4 Å². The second-order valence-electron chi connectivity index (χ2n) is 2.96. The summed E-state index contributed by atoms with van der Waals surface area (Å²) in [6, 6.07) is 3.36. The van der Waals surface area contributed by atoms with Crippen molar-refractivity contribution >= 4 is 84.0 Å². The Labute approximate surface area is 140 Å². The van der Waals surface area contributed by atoms with E-state index in [2.05, 4.69) is 25.4 Å².